The Bertz CT molecular complexity index is 535. The topological polar surface area (TPSA) is 38.3 Å². The fourth-order valence-electron chi connectivity index (χ4n) is 1.82. The molecule has 0 heterocycles. The van der Waals surface area contributed by atoms with Gasteiger partial charge in [-0.05, 0) is 31.0 Å². The van der Waals surface area contributed by atoms with E-state index in [1.165, 1.54) is 11.1 Å². The second-order valence-electron chi connectivity index (χ2n) is 4.69. The maximum atomic E-state index is 11.6. The van der Waals surface area contributed by atoms with Crippen molar-refractivity contribution in [3.63, 3.8) is 0 Å². The van der Waals surface area contributed by atoms with Gasteiger partial charge in [-0.2, -0.15) is 0 Å². The zero-order valence-electron chi connectivity index (χ0n) is 11.6. The molecule has 2 aromatic rings. The number of ether oxygens (including phenoxy) is 1. The highest BCUT2D eigenvalue weighted by Crippen LogP contribution is 2.07. The van der Waals surface area contributed by atoms with E-state index in [0.29, 0.717) is 12.3 Å². The Kier molecular flexibility index (Phi) is 5.18. The summed E-state index contributed by atoms with van der Waals surface area (Å²) >= 11 is 0. The molecule has 0 saturated carbocycles. The van der Waals surface area contributed by atoms with Crippen LogP contribution in [0.5, 0.6) is 5.75 Å². The van der Waals surface area contributed by atoms with E-state index in [2.05, 4.69) is 36.5 Å². The molecule has 2 aromatic carbocycles. The smallest absolute Gasteiger partial charge is 0.257 e. The van der Waals surface area contributed by atoms with E-state index in [1.54, 1.807) is 0 Å². The van der Waals surface area contributed by atoms with E-state index in [1.807, 2.05) is 30.3 Å². The zero-order chi connectivity index (χ0) is 14.2. The molecule has 1 amide bonds. The number of hydrogen-bond donors (Lipinski definition) is 1. The maximum absolute atomic E-state index is 11.6. The third kappa shape index (κ3) is 4.76. The van der Waals surface area contributed by atoms with Crippen molar-refractivity contribution in [2.75, 3.05) is 13.2 Å². The van der Waals surface area contributed by atoms with Crippen LogP contribution in [0.3, 0.4) is 0 Å². The van der Waals surface area contributed by atoms with Gasteiger partial charge in [0.25, 0.3) is 5.91 Å². The first-order valence-corrected chi connectivity index (χ1v) is 6.74. The number of rotatable bonds is 6. The Balaban J connectivity index is 1.66. The molecule has 0 radical (unpaired) electrons. The average molecular weight is 269 g/mol. The molecule has 0 aromatic heterocycles. The van der Waals surface area contributed by atoms with Crippen LogP contribution in [0.1, 0.15) is 11.1 Å². The number of para-hydroxylation sites is 1. The lowest BCUT2D eigenvalue weighted by Crippen LogP contribution is -2.30. The first-order valence-electron chi connectivity index (χ1n) is 6.74. The molecule has 2 rings (SSSR count). The summed E-state index contributed by atoms with van der Waals surface area (Å²) in [7, 11) is 0. The van der Waals surface area contributed by atoms with Gasteiger partial charge < -0.3 is 10.1 Å². The molecule has 0 saturated heterocycles. The van der Waals surface area contributed by atoms with Gasteiger partial charge in [-0.15, -0.1) is 0 Å². The standard InChI is InChI=1S/C17H19NO2/c1-14-7-9-15(10-8-14)11-12-18-17(19)13-20-16-5-3-2-4-6-16/h2-10H,11-13H2,1H3,(H,18,19). The Labute approximate surface area is 119 Å². The maximum Gasteiger partial charge on any atom is 0.257 e. The molecule has 20 heavy (non-hydrogen) atoms. The van der Waals surface area contributed by atoms with Crippen LogP contribution in [0.4, 0.5) is 0 Å². The van der Waals surface area contributed by atoms with Gasteiger partial charge in [-0.25, -0.2) is 0 Å². The quantitative estimate of drug-likeness (QED) is 0.875. The average Bonchev–Trinajstić information content (AvgIpc) is 2.48. The third-order valence-corrected chi connectivity index (χ3v) is 2.97. The first-order chi connectivity index (χ1) is 9.74. The second kappa shape index (κ2) is 7.34. The largest absolute Gasteiger partial charge is 0.484 e. The monoisotopic (exact) mass is 269 g/mol. The van der Waals surface area contributed by atoms with Crippen molar-refractivity contribution in [3.8, 4) is 5.75 Å². The van der Waals surface area contributed by atoms with E-state index in [9.17, 15) is 4.79 Å². The fourth-order valence-corrected chi connectivity index (χ4v) is 1.82. The Morgan fingerprint density at radius 2 is 1.75 bits per heavy atom. The van der Waals surface area contributed by atoms with Crippen molar-refractivity contribution >= 4 is 5.91 Å². The van der Waals surface area contributed by atoms with E-state index < -0.39 is 0 Å². The lowest BCUT2D eigenvalue weighted by molar-refractivity contribution is -0.123. The molecule has 0 spiro atoms. The molecule has 104 valence electrons. The van der Waals surface area contributed by atoms with Crippen molar-refractivity contribution in [2.24, 2.45) is 0 Å². The molecule has 0 aliphatic heterocycles. The molecule has 0 fully saturated rings. The molecule has 0 aliphatic rings. The fraction of sp³-hybridized carbons (Fsp3) is 0.235. The van der Waals surface area contributed by atoms with Crippen LogP contribution in [-0.4, -0.2) is 19.1 Å². The van der Waals surface area contributed by atoms with Crippen LogP contribution in [0, 0.1) is 6.92 Å². The van der Waals surface area contributed by atoms with Crippen LogP contribution in [0.25, 0.3) is 0 Å². The number of hydrogen-bond acceptors (Lipinski definition) is 2. The molecule has 0 unspecified atom stereocenters. The van der Waals surface area contributed by atoms with Crippen LogP contribution < -0.4 is 10.1 Å². The lowest BCUT2D eigenvalue weighted by Gasteiger charge is -2.07. The Morgan fingerprint density at radius 3 is 2.45 bits per heavy atom. The lowest BCUT2D eigenvalue weighted by atomic mass is 10.1. The molecule has 3 nitrogen and oxygen atoms in total. The van der Waals surface area contributed by atoms with Gasteiger partial charge in [0.05, 0.1) is 0 Å². The predicted octanol–water partition coefficient (Wildman–Crippen LogP) is 2.73. The van der Waals surface area contributed by atoms with Crippen LogP contribution >= 0.6 is 0 Å². The minimum absolute atomic E-state index is 0.0535. The van der Waals surface area contributed by atoms with Gasteiger partial charge in [0.15, 0.2) is 6.61 Å². The number of nitrogens with one attached hydrogen (secondary N) is 1. The van der Waals surface area contributed by atoms with Crippen molar-refractivity contribution in [2.45, 2.75) is 13.3 Å². The van der Waals surface area contributed by atoms with Gasteiger partial charge in [-0.1, -0.05) is 48.0 Å². The molecule has 0 aliphatic carbocycles. The molecule has 0 bridgehead atoms. The summed E-state index contributed by atoms with van der Waals surface area (Å²) in [5.74, 6) is 0.613. The zero-order valence-corrected chi connectivity index (χ0v) is 11.6. The van der Waals surface area contributed by atoms with Crippen molar-refractivity contribution in [3.05, 3.63) is 65.7 Å². The summed E-state index contributed by atoms with van der Waals surface area (Å²) in [5, 5.41) is 2.85. The third-order valence-electron chi connectivity index (χ3n) is 2.97. The van der Waals surface area contributed by atoms with E-state index in [4.69, 9.17) is 4.74 Å². The minimum Gasteiger partial charge on any atom is -0.484 e. The number of carbonyl (C=O) groups excluding carboxylic acids is 1. The highest BCUT2D eigenvalue weighted by Gasteiger charge is 2.02. The molecule has 1 N–H and O–H groups in total. The van der Waals surface area contributed by atoms with E-state index in [-0.39, 0.29) is 12.5 Å². The van der Waals surface area contributed by atoms with E-state index in [0.717, 1.165) is 6.42 Å². The summed E-state index contributed by atoms with van der Waals surface area (Å²) in [6, 6.07) is 17.7. The Hall–Kier alpha value is -2.29. The van der Waals surface area contributed by atoms with Crippen molar-refractivity contribution in [1.29, 1.82) is 0 Å². The second-order valence-corrected chi connectivity index (χ2v) is 4.69. The van der Waals surface area contributed by atoms with Gasteiger partial charge >= 0.3 is 0 Å². The summed E-state index contributed by atoms with van der Waals surface area (Å²) in [6.45, 7) is 2.74. The highest BCUT2D eigenvalue weighted by atomic mass is 16.5. The number of carbonyl (C=O) groups is 1. The Morgan fingerprint density at radius 1 is 1.05 bits per heavy atom. The minimum atomic E-state index is -0.0963. The van der Waals surface area contributed by atoms with Gasteiger partial charge in [0.2, 0.25) is 0 Å². The SMILES string of the molecule is Cc1ccc(CCNC(=O)COc2ccccc2)cc1. The normalized spacial score (nSPS) is 10.1. The highest BCUT2D eigenvalue weighted by molar-refractivity contribution is 5.77. The number of aryl methyl sites for hydroxylation is 1. The van der Waals surface area contributed by atoms with E-state index >= 15 is 0 Å². The van der Waals surface area contributed by atoms with Crippen molar-refractivity contribution in [1.82, 2.24) is 5.32 Å². The van der Waals surface area contributed by atoms with Crippen LogP contribution in [-0.2, 0) is 11.2 Å². The van der Waals surface area contributed by atoms with Crippen molar-refractivity contribution < 1.29 is 9.53 Å². The van der Waals surface area contributed by atoms with Gasteiger partial charge in [0, 0.05) is 6.54 Å². The van der Waals surface area contributed by atoms with Gasteiger partial charge in [0.1, 0.15) is 5.75 Å². The predicted molar refractivity (Wildman–Crippen MR) is 79.8 cm³/mol. The van der Waals surface area contributed by atoms with Crippen LogP contribution in [0.2, 0.25) is 0 Å². The molecular weight excluding hydrogens is 250 g/mol. The van der Waals surface area contributed by atoms with Crippen LogP contribution in [0.15, 0.2) is 54.6 Å². The summed E-state index contributed by atoms with van der Waals surface area (Å²) in [5.41, 5.74) is 2.47. The molecular formula is C17H19NO2. The molecule has 3 heteroatoms. The summed E-state index contributed by atoms with van der Waals surface area (Å²) in [6.07, 6.45) is 0.831. The summed E-state index contributed by atoms with van der Waals surface area (Å²) in [4.78, 5) is 11.6. The number of benzene rings is 2. The van der Waals surface area contributed by atoms with Gasteiger partial charge in [-0.3, -0.25) is 4.79 Å². The summed E-state index contributed by atoms with van der Waals surface area (Å²) < 4.78 is 5.37. The molecule has 0 atom stereocenters. The number of amides is 1. The first kappa shape index (κ1) is 14.1.